The first-order valence-corrected chi connectivity index (χ1v) is 6.58. The second kappa shape index (κ2) is 6.91. The van der Waals surface area contributed by atoms with Crippen molar-refractivity contribution in [2.75, 3.05) is 0 Å². The van der Waals surface area contributed by atoms with E-state index in [1.165, 1.54) is 48.5 Å². The molecule has 0 aromatic heterocycles. The number of carboxylic acid groups (broad SMARTS) is 2. The Morgan fingerprint density at radius 3 is 1.26 bits per heavy atom. The Labute approximate surface area is 131 Å². The Kier molecular flexibility index (Phi) is 4.95. The maximum absolute atomic E-state index is 10.7. The first-order chi connectivity index (χ1) is 10.9. The topological polar surface area (TPSA) is 124 Å². The summed E-state index contributed by atoms with van der Waals surface area (Å²) >= 11 is 0. The number of aliphatic hydroxyl groups is 2. The van der Waals surface area contributed by atoms with Crippen LogP contribution in [0.3, 0.4) is 0 Å². The van der Waals surface area contributed by atoms with Crippen molar-refractivity contribution >= 4 is 11.9 Å². The summed E-state index contributed by atoms with van der Waals surface area (Å²) in [7, 11) is 0. The molecule has 4 N–H and O–H groups in total. The van der Waals surface area contributed by atoms with Crippen molar-refractivity contribution in [2.45, 2.75) is 12.2 Å². The summed E-state index contributed by atoms with van der Waals surface area (Å²) in [5.41, 5.74) is 0.453. The molecule has 0 bridgehead atoms. The molecule has 0 spiro atoms. The molecule has 7 nitrogen and oxygen atoms in total. The third-order valence-corrected chi connectivity index (χ3v) is 3.10. The molecule has 2 aromatic carbocycles. The fraction of sp³-hybridized carbons (Fsp3) is 0.125. The van der Waals surface area contributed by atoms with Gasteiger partial charge in [0.2, 0.25) is 0 Å². The van der Waals surface area contributed by atoms with Crippen molar-refractivity contribution in [1.29, 1.82) is 0 Å². The molecule has 0 amide bonds. The van der Waals surface area contributed by atoms with Crippen LogP contribution in [-0.4, -0.2) is 32.4 Å². The highest BCUT2D eigenvalue weighted by molar-refractivity contribution is 5.74. The van der Waals surface area contributed by atoms with Crippen molar-refractivity contribution in [3.8, 4) is 11.5 Å². The largest absolute Gasteiger partial charge is 0.479 e. The van der Waals surface area contributed by atoms with Crippen LogP contribution in [0.25, 0.3) is 0 Å². The third kappa shape index (κ3) is 4.06. The number of aliphatic carboxylic acids is 2. The van der Waals surface area contributed by atoms with Gasteiger partial charge in [0.25, 0.3) is 0 Å². The molecular formula is C16H14O7. The molecule has 2 rings (SSSR count). The maximum atomic E-state index is 10.7. The molecule has 7 heteroatoms. The predicted molar refractivity (Wildman–Crippen MR) is 78.1 cm³/mol. The summed E-state index contributed by atoms with van der Waals surface area (Å²) in [5, 5.41) is 36.2. The SMILES string of the molecule is O=C(O)C(O)c1ccc(Oc2ccc(C(O)C(=O)O)cc2)cc1. The lowest BCUT2D eigenvalue weighted by Gasteiger charge is -2.10. The number of carbonyl (C=O) groups is 2. The van der Waals surface area contributed by atoms with E-state index >= 15 is 0 Å². The number of ether oxygens (including phenoxy) is 1. The van der Waals surface area contributed by atoms with E-state index in [1.807, 2.05) is 0 Å². The van der Waals surface area contributed by atoms with Crippen LogP contribution >= 0.6 is 0 Å². The van der Waals surface area contributed by atoms with Gasteiger partial charge in [0.1, 0.15) is 11.5 Å². The maximum Gasteiger partial charge on any atom is 0.337 e. The average Bonchev–Trinajstić information content (AvgIpc) is 2.54. The van der Waals surface area contributed by atoms with E-state index in [0.717, 1.165) is 0 Å². The summed E-state index contributed by atoms with van der Waals surface area (Å²) in [5.74, 6) is -1.85. The lowest BCUT2D eigenvalue weighted by Crippen LogP contribution is -2.10. The number of hydrogen-bond acceptors (Lipinski definition) is 5. The van der Waals surface area contributed by atoms with Gasteiger partial charge >= 0.3 is 11.9 Å². The molecular weight excluding hydrogens is 304 g/mol. The predicted octanol–water partition coefficient (Wildman–Crippen LogP) is 1.71. The van der Waals surface area contributed by atoms with Gasteiger partial charge in [-0.2, -0.15) is 0 Å². The number of carboxylic acids is 2. The smallest absolute Gasteiger partial charge is 0.337 e. The van der Waals surface area contributed by atoms with Gasteiger partial charge in [-0.15, -0.1) is 0 Å². The molecule has 0 aliphatic rings. The van der Waals surface area contributed by atoms with Gasteiger partial charge in [0.15, 0.2) is 12.2 Å². The quantitative estimate of drug-likeness (QED) is 0.639. The van der Waals surface area contributed by atoms with Crippen LogP contribution in [0.2, 0.25) is 0 Å². The van der Waals surface area contributed by atoms with Crippen LogP contribution in [0, 0.1) is 0 Å². The molecule has 2 unspecified atom stereocenters. The van der Waals surface area contributed by atoms with E-state index in [-0.39, 0.29) is 11.1 Å². The molecule has 0 aliphatic heterocycles. The molecule has 120 valence electrons. The van der Waals surface area contributed by atoms with Gasteiger partial charge in [0.05, 0.1) is 0 Å². The van der Waals surface area contributed by atoms with E-state index in [4.69, 9.17) is 14.9 Å². The molecule has 0 radical (unpaired) electrons. The second-order valence-electron chi connectivity index (χ2n) is 4.72. The van der Waals surface area contributed by atoms with Gasteiger partial charge in [-0.3, -0.25) is 0 Å². The third-order valence-electron chi connectivity index (χ3n) is 3.10. The Morgan fingerprint density at radius 1 is 0.696 bits per heavy atom. The van der Waals surface area contributed by atoms with Gasteiger partial charge in [-0.1, -0.05) is 24.3 Å². The summed E-state index contributed by atoms with van der Waals surface area (Å²) in [6, 6.07) is 11.7. The number of benzene rings is 2. The summed E-state index contributed by atoms with van der Waals surface area (Å²) < 4.78 is 5.51. The molecule has 0 aliphatic carbocycles. The highest BCUT2D eigenvalue weighted by Crippen LogP contribution is 2.25. The van der Waals surface area contributed by atoms with Crippen LogP contribution in [-0.2, 0) is 9.59 Å². The van der Waals surface area contributed by atoms with Crippen LogP contribution in [0.1, 0.15) is 23.3 Å². The number of hydrogen-bond donors (Lipinski definition) is 4. The van der Waals surface area contributed by atoms with E-state index in [9.17, 15) is 19.8 Å². The van der Waals surface area contributed by atoms with E-state index < -0.39 is 24.1 Å². The van der Waals surface area contributed by atoms with Crippen molar-refractivity contribution in [2.24, 2.45) is 0 Å². The fourth-order valence-corrected chi connectivity index (χ4v) is 1.86. The molecule has 2 atom stereocenters. The lowest BCUT2D eigenvalue weighted by molar-refractivity contribution is -0.147. The lowest BCUT2D eigenvalue weighted by atomic mass is 10.1. The normalized spacial score (nSPS) is 13.1. The second-order valence-corrected chi connectivity index (χ2v) is 4.72. The van der Waals surface area contributed by atoms with Crippen LogP contribution in [0.4, 0.5) is 0 Å². The van der Waals surface area contributed by atoms with Crippen molar-refractivity contribution in [3.05, 3.63) is 59.7 Å². The van der Waals surface area contributed by atoms with E-state index in [1.54, 1.807) is 0 Å². The minimum Gasteiger partial charge on any atom is -0.479 e. The van der Waals surface area contributed by atoms with Crippen LogP contribution in [0.5, 0.6) is 11.5 Å². The van der Waals surface area contributed by atoms with Gasteiger partial charge in [-0.05, 0) is 35.4 Å². The minimum atomic E-state index is -1.60. The Balaban J connectivity index is 2.07. The van der Waals surface area contributed by atoms with Crippen LogP contribution in [0.15, 0.2) is 48.5 Å². The van der Waals surface area contributed by atoms with Gasteiger partial charge < -0.3 is 25.2 Å². The summed E-state index contributed by atoms with van der Waals surface area (Å²) in [6.45, 7) is 0. The molecule has 0 saturated heterocycles. The molecule has 0 heterocycles. The van der Waals surface area contributed by atoms with Crippen molar-refractivity contribution in [3.63, 3.8) is 0 Å². The Morgan fingerprint density at radius 2 is 1.00 bits per heavy atom. The molecule has 0 saturated carbocycles. The molecule has 0 fully saturated rings. The zero-order valence-corrected chi connectivity index (χ0v) is 11.8. The zero-order chi connectivity index (χ0) is 17.0. The summed E-state index contributed by atoms with van der Waals surface area (Å²) in [4.78, 5) is 21.3. The standard InChI is InChI=1S/C16H14O7/c17-13(15(19)20)9-1-5-11(6-2-9)23-12-7-3-10(4-8-12)14(18)16(21)22/h1-8,13-14,17-18H,(H,19,20)(H,21,22). The highest BCUT2D eigenvalue weighted by Gasteiger charge is 2.16. The molecule has 23 heavy (non-hydrogen) atoms. The first-order valence-electron chi connectivity index (χ1n) is 6.58. The zero-order valence-electron chi connectivity index (χ0n) is 11.8. The summed E-state index contributed by atoms with van der Waals surface area (Å²) in [6.07, 6.45) is -3.19. The van der Waals surface area contributed by atoms with Crippen molar-refractivity contribution < 1.29 is 34.8 Å². The van der Waals surface area contributed by atoms with Crippen molar-refractivity contribution in [1.82, 2.24) is 0 Å². The number of rotatable bonds is 6. The van der Waals surface area contributed by atoms with Gasteiger partial charge in [0, 0.05) is 0 Å². The van der Waals surface area contributed by atoms with Gasteiger partial charge in [-0.25, -0.2) is 9.59 Å². The fourth-order valence-electron chi connectivity index (χ4n) is 1.86. The Hall–Kier alpha value is -2.90. The minimum absolute atomic E-state index is 0.227. The first kappa shape index (κ1) is 16.5. The average molecular weight is 318 g/mol. The van der Waals surface area contributed by atoms with E-state index in [2.05, 4.69) is 0 Å². The highest BCUT2D eigenvalue weighted by atomic mass is 16.5. The number of aliphatic hydroxyl groups excluding tert-OH is 2. The Bertz CT molecular complexity index is 630. The van der Waals surface area contributed by atoms with E-state index in [0.29, 0.717) is 11.5 Å². The monoisotopic (exact) mass is 318 g/mol. The van der Waals surface area contributed by atoms with Crippen LogP contribution < -0.4 is 4.74 Å². The molecule has 2 aromatic rings.